The summed E-state index contributed by atoms with van der Waals surface area (Å²) in [7, 11) is 0. The van der Waals surface area contributed by atoms with Crippen LogP contribution in [0, 0.1) is 44.6 Å². The Bertz CT molecular complexity index is 1510. The molecule has 0 aromatic heterocycles. The van der Waals surface area contributed by atoms with E-state index in [9.17, 15) is 4.79 Å². The zero-order valence-corrected chi connectivity index (χ0v) is 26.5. The van der Waals surface area contributed by atoms with Crippen LogP contribution in [0.3, 0.4) is 0 Å². The van der Waals surface area contributed by atoms with Crippen LogP contribution in [0.5, 0.6) is 5.75 Å². The molecule has 0 aliphatic heterocycles. The molecular formula is C34H32N2O2U. The van der Waals surface area contributed by atoms with Crippen molar-refractivity contribution in [3.05, 3.63) is 134 Å². The normalized spacial score (nSPS) is 10.2. The van der Waals surface area contributed by atoms with E-state index in [1.807, 2.05) is 85.8 Å². The summed E-state index contributed by atoms with van der Waals surface area (Å²) in [5, 5.41) is 8.79. The van der Waals surface area contributed by atoms with Crippen LogP contribution in [-0.4, -0.2) is 19.1 Å². The van der Waals surface area contributed by atoms with Gasteiger partial charge in [-0.2, -0.15) is 35.9 Å². The Morgan fingerprint density at radius 1 is 0.846 bits per heavy atom. The maximum atomic E-state index is 13.5. The van der Waals surface area contributed by atoms with Crippen molar-refractivity contribution in [2.24, 2.45) is 0 Å². The van der Waals surface area contributed by atoms with E-state index < -0.39 is 0 Å². The summed E-state index contributed by atoms with van der Waals surface area (Å²) >= 11 is 0. The van der Waals surface area contributed by atoms with Crippen molar-refractivity contribution in [1.29, 1.82) is 0 Å². The van der Waals surface area contributed by atoms with Crippen LogP contribution in [0.15, 0.2) is 109 Å². The molecule has 5 heteroatoms. The van der Waals surface area contributed by atoms with Gasteiger partial charge in [-0.3, -0.25) is 4.79 Å². The fourth-order valence-corrected chi connectivity index (χ4v) is 4.47. The first-order chi connectivity index (χ1) is 18.2. The van der Waals surface area contributed by atoms with Crippen LogP contribution in [0.1, 0.15) is 22.8 Å². The van der Waals surface area contributed by atoms with Gasteiger partial charge in [-0.15, -0.1) is 0 Å². The molecule has 1 amide bonds. The van der Waals surface area contributed by atoms with Gasteiger partial charge in [0.25, 0.3) is 5.91 Å². The predicted octanol–water partition coefficient (Wildman–Crippen LogP) is 8.06. The number of nitrogens with one attached hydrogen (secondary N) is 2. The van der Waals surface area contributed by atoms with Crippen LogP contribution < -0.4 is 15.4 Å². The molecule has 0 spiro atoms. The van der Waals surface area contributed by atoms with E-state index in [4.69, 9.17) is 4.74 Å². The smallest absolute Gasteiger partial charge is 0.493 e. The van der Waals surface area contributed by atoms with Gasteiger partial charge in [0.15, 0.2) is 0 Å². The average molecular weight is 739 g/mol. The summed E-state index contributed by atoms with van der Waals surface area (Å²) in [6.07, 6.45) is 0.871. The molecule has 0 saturated heterocycles. The van der Waals surface area contributed by atoms with Gasteiger partial charge in [0.1, 0.15) is 5.75 Å². The van der Waals surface area contributed by atoms with Crippen LogP contribution in [-0.2, 0) is 6.42 Å². The zero-order valence-electron chi connectivity index (χ0n) is 22.3. The molecule has 0 heterocycles. The van der Waals surface area contributed by atoms with Gasteiger partial charge >= 0.3 is 31.1 Å². The molecule has 5 aromatic rings. The third kappa shape index (κ3) is 7.54. The maximum absolute atomic E-state index is 13.5. The van der Waals surface area contributed by atoms with Gasteiger partial charge in [0.2, 0.25) is 0 Å². The second-order valence-corrected chi connectivity index (χ2v) is 8.77. The van der Waals surface area contributed by atoms with E-state index in [-0.39, 0.29) is 44.4 Å². The third-order valence-corrected chi connectivity index (χ3v) is 6.24. The number of hydrogen-bond acceptors (Lipinski definition) is 3. The Kier molecular flexibility index (Phi) is 11.2. The first kappa shape index (κ1) is 30.0. The average Bonchev–Trinajstić information content (AvgIpc) is 2.94. The summed E-state index contributed by atoms with van der Waals surface area (Å²) in [6, 6.07) is 39.3. The minimum atomic E-state index is -0.207. The fraction of sp³-hybridized carbons (Fsp3) is 0.118. The van der Waals surface area contributed by atoms with Crippen molar-refractivity contribution in [2.45, 2.75) is 13.3 Å². The van der Waals surface area contributed by atoms with Gasteiger partial charge in [0, 0.05) is 17.9 Å². The standard InChI is InChI=1S/C33H29N2O2.CH3.U/c1-2-37-32-19-18-26(30-17-8-13-25-12-6-7-16-29(25)30)22-31(32)33(36)35-28-15-9-14-27(23-28)34-21-20-24-10-4-3-5-11-24;;/h3-10,12-19,22-23,34H,2,20-21H2,1H3,(H,35,36);1H3;/q2*-1;+2. The quantitative estimate of drug-likeness (QED) is 0.151. The Labute approximate surface area is 255 Å². The van der Waals surface area contributed by atoms with Crippen LogP contribution >= 0.6 is 0 Å². The summed E-state index contributed by atoms with van der Waals surface area (Å²) in [5.74, 6) is 0.360. The molecule has 194 valence electrons. The molecule has 0 unspecified atom stereocenters. The Hall–Kier alpha value is -3.52. The van der Waals surface area contributed by atoms with E-state index in [0.29, 0.717) is 17.9 Å². The molecule has 0 bridgehead atoms. The van der Waals surface area contributed by atoms with Crippen molar-refractivity contribution in [1.82, 2.24) is 0 Å². The largest absolute Gasteiger partial charge is 2.00 e. The molecule has 0 saturated carbocycles. The molecule has 39 heavy (non-hydrogen) atoms. The number of carbonyl (C=O) groups excluding carboxylic acids is 1. The number of anilines is 2. The molecule has 2 N–H and O–H groups in total. The number of carbonyl (C=O) groups is 1. The zero-order chi connectivity index (χ0) is 25.5. The Morgan fingerprint density at radius 3 is 2.44 bits per heavy atom. The first-order valence-corrected chi connectivity index (χ1v) is 12.6. The fourth-order valence-electron chi connectivity index (χ4n) is 4.47. The molecule has 0 atom stereocenters. The van der Waals surface area contributed by atoms with Crippen molar-refractivity contribution < 1.29 is 40.6 Å². The molecular weight excluding hydrogens is 706 g/mol. The van der Waals surface area contributed by atoms with Crippen LogP contribution in [0.4, 0.5) is 11.4 Å². The molecule has 4 nitrogen and oxygen atoms in total. The third-order valence-electron chi connectivity index (χ3n) is 6.24. The number of benzene rings is 5. The number of fused-ring (bicyclic) bond motifs is 1. The molecule has 0 fully saturated rings. The van der Waals surface area contributed by atoms with Gasteiger partial charge < -0.3 is 22.8 Å². The minimum absolute atomic E-state index is 0. The van der Waals surface area contributed by atoms with Gasteiger partial charge in [-0.25, -0.2) is 0 Å². The summed E-state index contributed by atoms with van der Waals surface area (Å²) in [4.78, 5) is 13.5. The van der Waals surface area contributed by atoms with E-state index in [1.165, 1.54) is 0 Å². The second-order valence-electron chi connectivity index (χ2n) is 8.77. The SMILES string of the molecule is CCOc1ccc(-c2cccc3ccccc23)cc1C(=O)Nc1cccc(NCCc2[c-]cccc2)c1.[CH3-].[U+2]. The van der Waals surface area contributed by atoms with E-state index in [2.05, 4.69) is 47.0 Å². The Morgan fingerprint density at radius 2 is 1.62 bits per heavy atom. The minimum Gasteiger partial charge on any atom is -0.493 e. The topological polar surface area (TPSA) is 50.4 Å². The van der Waals surface area contributed by atoms with Gasteiger partial charge in [-0.1, -0.05) is 54.6 Å². The van der Waals surface area contributed by atoms with E-state index in [1.54, 1.807) is 0 Å². The van der Waals surface area contributed by atoms with Crippen molar-refractivity contribution in [2.75, 3.05) is 23.8 Å². The predicted molar refractivity (Wildman–Crippen MR) is 159 cm³/mol. The van der Waals surface area contributed by atoms with Gasteiger partial charge in [0.05, 0.1) is 12.2 Å². The Balaban J connectivity index is 0.00000210. The monoisotopic (exact) mass is 738 g/mol. The van der Waals surface area contributed by atoms with Crippen molar-refractivity contribution in [3.63, 3.8) is 0 Å². The molecule has 0 aliphatic rings. The van der Waals surface area contributed by atoms with Crippen molar-refractivity contribution in [3.8, 4) is 16.9 Å². The molecule has 0 aliphatic carbocycles. The summed E-state index contributed by atoms with van der Waals surface area (Å²) in [6.45, 7) is 3.17. The first-order valence-electron chi connectivity index (χ1n) is 12.6. The molecule has 5 rings (SSSR count). The summed E-state index contributed by atoms with van der Waals surface area (Å²) in [5.41, 5.74) is 5.39. The van der Waals surface area contributed by atoms with Crippen LogP contribution in [0.2, 0.25) is 0 Å². The molecule has 5 aromatic carbocycles. The summed E-state index contributed by atoms with van der Waals surface area (Å²) < 4.78 is 5.82. The number of ether oxygens (including phenoxy) is 1. The second kappa shape index (κ2) is 14.6. The number of rotatable bonds is 9. The van der Waals surface area contributed by atoms with Crippen LogP contribution in [0.25, 0.3) is 21.9 Å². The van der Waals surface area contributed by atoms with E-state index >= 15 is 0 Å². The van der Waals surface area contributed by atoms with Gasteiger partial charge in [-0.05, 0) is 65.6 Å². The molecule has 0 radical (unpaired) electrons. The van der Waals surface area contributed by atoms with Crippen molar-refractivity contribution >= 4 is 28.1 Å². The van der Waals surface area contributed by atoms with E-state index in [0.717, 1.165) is 51.8 Å². The maximum Gasteiger partial charge on any atom is 2.00 e. The number of amides is 1. The number of hydrogen-bond donors (Lipinski definition) is 2.